The molecule has 0 radical (unpaired) electrons. The van der Waals surface area contributed by atoms with Crippen LogP contribution in [0.25, 0.3) is 10.2 Å². The zero-order valence-electron chi connectivity index (χ0n) is 18.3. The van der Waals surface area contributed by atoms with Crippen LogP contribution >= 0.6 is 23.1 Å². The second kappa shape index (κ2) is 8.76. The molecule has 2 saturated carbocycles. The van der Waals surface area contributed by atoms with Crippen molar-refractivity contribution in [3.63, 3.8) is 0 Å². The Labute approximate surface area is 196 Å². The Bertz CT molecular complexity index is 1190. The lowest BCUT2D eigenvalue weighted by molar-refractivity contribution is -0.128. The molecule has 3 fully saturated rings. The molecule has 0 bridgehead atoms. The topological polar surface area (TPSA) is 89.3 Å². The van der Waals surface area contributed by atoms with Gasteiger partial charge in [-0.25, -0.2) is 13.4 Å². The summed E-state index contributed by atoms with van der Waals surface area (Å²) in [4.78, 5) is 33.7. The molecule has 3 aliphatic rings. The first-order valence-electron chi connectivity index (χ1n) is 11.5. The van der Waals surface area contributed by atoms with E-state index >= 15 is 0 Å². The Morgan fingerprint density at radius 1 is 1.22 bits per heavy atom. The van der Waals surface area contributed by atoms with Crippen LogP contribution in [-0.2, 0) is 14.6 Å². The van der Waals surface area contributed by atoms with E-state index in [0.29, 0.717) is 17.5 Å². The summed E-state index contributed by atoms with van der Waals surface area (Å²) in [7, 11) is -1.37. The van der Waals surface area contributed by atoms with Crippen LogP contribution in [0.1, 0.15) is 68.9 Å². The second-order valence-electron chi connectivity index (χ2n) is 9.36. The quantitative estimate of drug-likeness (QED) is 0.450. The first-order valence-corrected chi connectivity index (χ1v) is 15.2. The Kier molecular flexibility index (Phi) is 6.13. The number of fused-ring (bicyclic) bond motifs is 1. The van der Waals surface area contributed by atoms with Crippen LogP contribution < -0.4 is 5.56 Å². The summed E-state index contributed by atoms with van der Waals surface area (Å²) in [5.74, 6) is 0.707. The molecule has 1 saturated heterocycles. The molecule has 3 heterocycles. The molecule has 2 aromatic heterocycles. The Morgan fingerprint density at radius 3 is 2.62 bits per heavy atom. The number of rotatable bonds is 6. The number of amides is 1. The molecule has 5 rings (SSSR count). The number of nitrogens with zero attached hydrogens (tertiary/aromatic N) is 3. The maximum Gasteiger partial charge on any atom is 0.263 e. The van der Waals surface area contributed by atoms with E-state index in [9.17, 15) is 18.0 Å². The minimum Gasteiger partial charge on any atom is -0.341 e. The summed E-state index contributed by atoms with van der Waals surface area (Å²) >= 11 is 2.84. The molecule has 174 valence electrons. The summed E-state index contributed by atoms with van der Waals surface area (Å²) in [5.41, 5.74) is 1.21. The van der Waals surface area contributed by atoms with Gasteiger partial charge < -0.3 is 4.90 Å². The van der Waals surface area contributed by atoms with Crippen LogP contribution in [0.5, 0.6) is 0 Å². The molecule has 0 unspecified atom stereocenters. The molecule has 2 aliphatic carbocycles. The fourth-order valence-electron chi connectivity index (χ4n) is 4.98. The van der Waals surface area contributed by atoms with Crippen molar-refractivity contribution >= 4 is 49.1 Å². The van der Waals surface area contributed by atoms with E-state index in [1.54, 1.807) is 11.9 Å². The number of hydrogen-bond acceptors (Lipinski definition) is 7. The standard InChI is InChI=1S/C22H29N3O4S3/c1-24(16-9-10-32(28,29)13-16)18(26)12-31-22-23-20-19(17(11-30-20)14-7-8-14)21(27)25(22)15-5-3-2-4-6-15/h11,14-16H,2-10,12-13H2,1H3/t16-/m1/s1. The van der Waals surface area contributed by atoms with Crippen molar-refractivity contribution in [1.29, 1.82) is 0 Å². The summed E-state index contributed by atoms with van der Waals surface area (Å²) in [6.07, 6.45) is 8.13. The van der Waals surface area contributed by atoms with Crippen molar-refractivity contribution < 1.29 is 13.2 Å². The molecule has 1 atom stereocenters. The third-order valence-electron chi connectivity index (χ3n) is 7.07. The maximum absolute atomic E-state index is 13.7. The lowest BCUT2D eigenvalue weighted by Crippen LogP contribution is -2.39. The highest BCUT2D eigenvalue weighted by Crippen LogP contribution is 2.44. The molecule has 1 aliphatic heterocycles. The number of thioether (sulfide) groups is 1. The molecule has 32 heavy (non-hydrogen) atoms. The average Bonchev–Trinajstić information content (AvgIpc) is 3.43. The van der Waals surface area contributed by atoms with Crippen molar-refractivity contribution in [3.8, 4) is 0 Å². The number of hydrogen-bond donors (Lipinski definition) is 0. The number of carbonyl (C=O) groups excluding carboxylic acids is 1. The van der Waals surface area contributed by atoms with Gasteiger partial charge in [-0.1, -0.05) is 31.0 Å². The van der Waals surface area contributed by atoms with Crippen LogP contribution in [0, 0.1) is 0 Å². The zero-order chi connectivity index (χ0) is 22.5. The van der Waals surface area contributed by atoms with Gasteiger partial charge >= 0.3 is 0 Å². The number of thiophene rings is 1. The van der Waals surface area contributed by atoms with Crippen LogP contribution in [0.3, 0.4) is 0 Å². The van der Waals surface area contributed by atoms with E-state index in [1.165, 1.54) is 29.5 Å². The number of carbonyl (C=O) groups is 1. The maximum atomic E-state index is 13.7. The lowest BCUT2D eigenvalue weighted by atomic mass is 9.95. The van der Waals surface area contributed by atoms with Crippen molar-refractivity contribution in [2.24, 2.45) is 0 Å². The van der Waals surface area contributed by atoms with Gasteiger partial charge in [-0.05, 0) is 49.0 Å². The number of aromatic nitrogens is 2. The minimum absolute atomic E-state index is 0.0377. The molecule has 0 N–H and O–H groups in total. The highest BCUT2D eigenvalue weighted by Gasteiger charge is 2.33. The zero-order valence-corrected chi connectivity index (χ0v) is 20.7. The highest BCUT2D eigenvalue weighted by atomic mass is 32.2. The van der Waals surface area contributed by atoms with Gasteiger partial charge in [-0.15, -0.1) is 11.3 Å². The van der Waals surface area contributed by atoms with Gasteiger partial charge in [0.1, 0.15) is 4.83 Å². The monoisotopic (exact) mass is 495 g/mol. The average molecular weight is 496 g/mol. The van der Waals surface area contributed by atoms with E-state index in [0.717, 1.165) is 54.3 Å². The van der Waals surface area contributed by atoms with E-state index < -0.39 is 9.84 Å². The fraction of sp³-hybridized carbons (Fsp3) is 0.682. The van der Waals surface area contributed by atoms with E-state index in [-0.39, 0.29) is 40.8 Å². The summed E-state index contributed by atoms with van der Waals surface area (Å²) in [6.45, 7) is 0. The summed E-state index contributed by atoms with van der Waals surface area (Å²) < 4.78 is 25.5. The minimum atomic E-state index is -3.05. The van der Waals surface area contributed by atoms with E-state index in [2.05, 4.69) is 5.38 Å². The highest BCUT2D eigenvalue weighted by molar-refractivity contribution is 7.99. The van der Waals surface area contributed by atoms with Crippen LogP contribution in [0.15, 0.2) is 15.3 Å². The number of sulfone groups is 1. The van der Waals surface area contributed by atoms with Gasteiger partial charge in [-0.2, -0.15) is 0 Å². The van der Waals surface area contributed by atoms with Gasteiger partial charge in [0, 0.05) is 19.1 Å². The van der Waals surface area contributed by atoms with Crippen molar-refractivity contribution in [3.05, 3.63) is 21.3 Å². The molecule has 0 aromatic carbocycles. The van der Waals surface area contributed by atoms with Crippen LogP contribution in [-0.4, -0.2) is 59.1 Å². The Morgan fingerprint density at radius 2 is 1.97 bits per heavy atom. The third-order valence-corrected chi connectivity index (χ3v) is 10.6. The second-order valence-corrected chi connectivity index (χ2v) is 13.4. The molecule has 7 nitrogen and oxygen atoms in total. The summed E-state index contributed by atoms with van der Waals surface area (Å²) in [6, 6.07) is -0.127. The van der Waals surface area contributed by atoms with Crippen molar-refractivity contribution in [1.82, 2.24) is 14.5 Å². The molecular formula is C22H29N3O4S3. The van der Waals surface area contributed by atoms with Crippen LogP contribution in [0.4, 0.5) is 0 Å². The predicted molar refractivity (Wildman–Crippen MR) is 129 cm³/mol. The van der Waals surface area contributed by atoms with Gasteiger partial charge in [0.15, 0.2) is 15.0 Å². The molecule has 0 spiro atoms. The first kappa shape index (κ1) is 22.4. The van der Waals surface area contributed by atoms with Gasteiger partial charge in [-0.3, -0.25) is 14.2 Å². The first-order chi connectivity index (χ1) is 15.3. The SMILES string of the molecule is CN(C(=O)CSc1nc2scc(C3CC3)c2c(=O)n1C1CCCCC1)[C@@H]1CCS(=O)(=O)C1. The molecule has 2 aromatic rings. The van der Waals surface area contributed by atoms with Crippen molar-refractivity contribution in [2.75, 3.05) is 24.3 Å². The molecule has 10 heteroatoms. The Hall–Kier alpha value is -1.39. The van der Waals surface area contributed by atoms with E-state index in [4.69, 9.17) is 4.98 Å². The summed E-state index contributed by atoms with van der Waals surface area (Å²) in [5, 5.41) is 3.50. The lowest BCUT2D eigenvalue weighted by Gasteiger charge is -2.26. The van der Waals surface area contributed by atoms with E-state index in [1.807, 2.05) is 4.57 Å². The van der Waals surface area contributed by atoms with Crippen LogP contribution in [0.2, 0.25) is 0 Å². The molecule has 1 amide bonds. The largest absolute Gasteiger partial charge is 0.341 e. The van der Waals surface area contributed by atoms with Gasteiger partial charge in [0.2, 0.25) is 5.91 Å². The fourth-order valence-corrected chi connectivity index (χ4v) is 8.80. The molecular weight excluding hydrogens is 466 g/mol. The smallest absolute Gasteiger partial charge is 0.263 e. The normalized spacial score (nSPS) is 23.6. The predicted octanol–water partition coefficient (Wildman–Crippen LogP) is 3.58. The van der Waals surface area contributed by atoms with Gasteiger partial charge in [0.05, 0.1) is 22.6 Å². The third kappa shape index (κ3) is 4.37. The Balaban J connectivity index is 1.42. The van der Waals surface area contributed by atoms with Crippen molar-refractivity contribution in [2.45, 2.75) is 74.5 Å². The van der Waals surface area contributed by atoms with Gasteiger partial charge in [0.25, 0.3) is 5.56 Å².